The molecule has 130 valence electrons. The van der Waals surface area contributed by atoms with Gasteiger partial charge in [-0.15, -0.1) is 0 Å². The molecule has 0 amide bonds. The standard InChI is InChI=1S/C19H33N3O/c1-5-19(6-2,13-14-23)16-21-18(20-7-3)22(4)15-17-11-9-8-10-12-17/h8-12,23H,5-7,13-16H2,1-4H3,(H,20,21). The molecule has 1 rings (SSSR count). The van der Waals surface area contributed by atoms with Gasteiger partial charge in [0.2, 0.25) is 0 Å². The average molecular weight is 319 g/mol. The molecule has 0 aliphatic rings. The highest BCUT2D eigenvalue weighted by atomic mass is 16.3. The van der Waals surface area contributed by atoms with Crippen LogP contribution in [0.3, 0.4) is 0 Å². The minimum atomic E-state index is 0.100. The van der Waals surface area contributed by atoms with Gasteiger partial charge in [0.05, 0.1) is 0 Å². The van der Waals surface area contributed by atoms with Gasteiger partial charge in [0.25, 0.3) is 0 Å². The molecule has 0 heterocycles. The molecule has 4 heteroatoms. The molecular weight excluding hydrogens is 286 g/mol. The summed E-state index contributed by atoms with van der Waals surface area (Å²) in [5, 5.41) is 12.7. The first-order chi connectivity index (χ1) is 11.1. The van der Waals surface area contributed by atoms with Gasteiger partial charge in [-0.25, -0.2) is 0 Å². The first-order valence-electron chi connectivity index (χ1n) is 8.75. The maximum Gasteiger partial charge on any atom is 0.193 e. The predicted molar refractivity (Wildman–Crippen MR) is 98.6 cm³/mol. The fourth-order valence-electron chi connectivity index (χ4n) is 2.79. The van der Waals surface area contributed by atoms with Crippen LogP contribution in [0, 0.1) is 5.41 Å². The van der Waals surface area contributed by atoms with Gasteiger partial charge in [-0.2, -0.15) is 0 Å². The van der Waals surface area contributed by atoms with Crippen LogP contribution >= 0.6 is 0 Å². The first kappa shape index (κ1) is 19.5. The van der Waals surface area contributed by atoms with E-state index in [2.05, 4.69) is 62.3 Å². The van der Waals surface area contributed by atoms with Crippen LogP contribution in [0.5, 0.6) is 0 Å². The fourth-order valence-corrected chi connectivity index (χ4v) is 2.79. The SMILES string of the molecule is CCNC(=NCC(CC)(CC)CCO)N(C)Cc1ccccc1. The molecule has 0 saturated carbocycles. The van der Waals surface area contributed by atoms with Crippen molar-refractivity contribution in [3.05, 3.63) is 35.9 Å². The lowest BCUT2D eigenvalue weighted by atomic mass is 9.79. The maximum atomic E-state index is 9.36. The van der Waals surface area contributed by atoms with Crippen molar-refractivity contribution in [3.8, 4) is 0 Å². The molecule has 0 atom stereocenters. The summed E-state index contributed by atoms with van der Waals surface area (Å²) >= 11 is 0. The van der Waals surface area contributed by atoms with Crippen LogP contribution in [0.25, 0.3) is 0 Å². The molecule has 0 radical (unpaired) electrons. The second-order valence-corrected chi connectivity index (χ2v) is 6.19. The van der Waals surface area contributed by atoms with Crippen LogP contribution in [0.4, 0.5) is 0 Å². The summed E-state index contributed by atoms with van der Waals surface area (Å²) in [5.41, 5.74) is 1.37. The van der Waals surface area contributed by atoms with Crippen molar-refractivity contribution in [3.63, 3.8) is 0 Å². The third-order valence-electron chi connectivity index (χ3n) is 4.67. The van der Waals surface area contributed by atoms with Crippen LogP contribution in [0.2, 0.25) is 0 Å². The summed E-state index contributed by atoms with van der Waals surface area (Å²) in [6.07, 6.45) is 2.88. The number of aliphatic imine (C=N–C) groups is 1. The topological polar surface area (TPSA) is 47.9 Å². The Morgan fingerprint density at radius 1 is 1.17 bits per heavy atom. The molecule has 0 aliphatic heterocycles. The van der Waals surface area contributed by atoms with Crippen molar-refractivity contribution in [1.82, 2.24) is 10.2 Å². The van der Waals surface area contributed by atoms with E-state index < -0.39 is 0 Å². The van der Waals surface area contributed by atoms with Crippen LogP contribution in [-0.2, 0) is 6.54 Å². The van der Waals surface area contributed by atoms with Crippen LogP contribution in [0.15, 0.2) is 35.3 Å². The normalized spacial score (nSPS) is 12.3. The summed E-state index contributed by atoms with van der Waals surface area (Å²) < 4.78 is 0. The largest absolute Gasteiger partial charge is 0.396 e. The second-order valence-electron chi connectivity index (χ2n) is 6.19. The number of hydrogen-bond acceptors (Lipinski definition) is 2. The summed E-state index contributed by atoms with van der Waals surface area (Å²) in [4.78, 5) is 7.02. The Morgan fingerprint density at radius 2 is 1.83 bits per heavy atom. The Kier molecular flexibility index (Phi) is 8.70. The van der Waals surface area contributed by atoms with E-state index in [0.717, 1.165) is 44.9 Å². The van der Waals surface area contributed by atoms with Crippen molar-refractivity contribution in [1.29, 1.82) is 0 Å². The number of guanidine groups is 1. The number of aliphatic hydroxyl groups excluding tert-OH is 1. The lowest BCUT2D eigenvalue weighted by Gasteiger charge is -2.30. The number of aliphatic hydroxyl groups is 1. The van der Waals surface area contributed by atoms with Crippen molar-refractivity contribution >= 4 is 5.96 Å². The zero-order valence-electron chi connectivity index (χ0n) is 15.2. The predicted octanol–water partition coefficient (Wildman–Crippen LogP) is 3.27. The minimum absolute atomic E-state index is 0.100. The zero-order valence-corrected chi connectivity index (χ0v) is 15.2. The molecule has 0 bridgehead atoms. The third kappa shape index (κ3) is 6.22. The van der Waals surface area contributed by atoms with Gasteiger partial charge in [-0.05, 0) is 37.2 Å². The van der Waals surface area contributed by atoms with Crippen molar-refractivity contribution in [2.24, 2.45) is 10.4 Å². The summed E-state index contributed by atoms with van der Waals surface area (Å²) in [5.74, 6) is 0.931. The van der Waals surface area contributed by atoms with Crippen molar-refractivity contribution in [2.75, 3.05) is 26.7 Å². The number of nitrogens with one attached hydrogen (secondary N) is 1. The second kappa shape index (κ2) is 10.3. The van der Waals surface area contributed by atoms with Gasteiger partial charge in [0.1, 0.15) is 0 Å². The summed E-state index contributed by atoms with van der Waals surface area (Å²) in [6, 6.07) is 10.4. The fraction of sp³-hybridized carbons (Fsp3) is 0.632. The Bertz CT molecular complexity index is 455. The van der Waals surface area contributed by atoms with E-state index in [4.69, 9.17) is 4.99 Å². The van der Waals surface area contributed by atoms with Crippen LogP contribution in [-0.4, -0.2) is 42.7 Å². The van der Waals surface area contributed by atoms with E-state index >= 15 is 0 Å². The van der Waals surface area contributed by atoms with Gasteiger partial charge < -0.3 is 15.3 Å². The van der Waals surface area contributed by atoms with Gasteiger partial charge in [-0.1, -0.05) is 44.2 Å². The summed E-state index contributed by atoms with van der Waals surface area (Å²) in [6.45, 7) is 9.13. The number of benzene rings is 1. The third-order valence-corrected chi connectivity index (χ3v) is 4.67. The molecule has 0 aliphatic carbocycles. The molecule has 0 saturated heterocycles. The highest BCUT2D eigenvalue weighted by Crippen LogP contribution is 2.30. The van der Waals surface area contributed by atoms with E-state index in [1.807, 2.05) is 6.07 Å². The molecule has 0 fully saturated rings. The van der Waals surface area contributed by atoms with Gasteiger partial charge >= 0.3 is 0 Å². The van der Waals surface area contributed by atoms with E-state index in [1.54, 1.807) is 0 Å². The molecule has 4 nitrogen and oxygen atoms in total. The van der Waals surface area contributed by atoms with Gasteiger partial charge in [-0.3, -0.25) is 4.99 Å². The molecule has 1 aromatic carbocycles. The zero-order chi connectivity index (χ0) is 17.1. The Morgan fingerprint density at radius 3 is 2.35 bits per heavy atom. The number of hydrogen-bond donors (Lipinski definition) is 2. The molecule has 1 aromatic rings. The van der Waals surface area contributed by atoms with E-state index in [-0.39, 0.29) is 12.0 Å². The Balaban J connectivity index is 2.82. The molecule has 0 spiro atoms. The van der Waals surface area contributed by atoms with E-state index in [0.29, 0.717) is 0 Å². The van der Waals surface area contributed by atoms with Crippen molar-refractivity contribution < 1.29 is 5.11 Å². The lowest BCUT2D eigenvalue weighted by Crippen LogP contribution is -2.39. The molecule has 2 N–H and O–H groups in total. The lowest BCUT2D eigenvalue weighted by molar-refractivity contribution is 0.175. The number of nitrogens with zero attached hydrogens (tertiary/aromatic N) is 2. The van der Waals surface area contributed by atoms with Crippen LogP contribution < -0.4 is 5.32 Å². The summed E-state index contributed by atoms with van der Waals surface area (Å²) in [7, 11) is 2.07. The molecule has 0 unspecified atom stereocenters. The monoisotopic (exact) mass is 319 g/mol. The maximum absolute atomic E-state index is 9.36. The molecular formula is C19H33N3O. The van der Waals surface area contributed by atoms with Gasteiger partial charge in [0.15, 0.2) is 5.96 Å². The smallest absolute Gasteiger partial charge is 0.193 e. The molecule has 0 aromatic heterocycles. The van der Waals surface area contributed by atoms with E-state index in [9.17, 15) is 5.11 Å². The number of rotatable bonds is 9. The van der Waals surface area contributed by atoms with Crippen molar-refractivity contribution in [2.45, 2.75) is 46.6 Å². The van der Waals surface area contributed by atoms with E-state index in [1.165, 1.54) is 5.56 Å². The highest BCUT2D eigenvalue weighted by molar-refractivity contribution is 5.79. The first-order valence-corrected chi connectivity index (χ1v) is 8.75. The molecule has 23 heavy (non-hydrogen) atoms. The quantitative estimate of drug-likeness (QED) is 0.542. The van der Waals surface area contributed by atoms with Gasteiger partial charge in [0, 0.05) is 33.3 Å². The minimum Gasteiger partial charge on any atom is -0.396 e. The Hall–Kier alpha value is -1.55. The Labute approximate surface area is 141 Å². The van der Waals surface area contributed by atoms with Crippen LogP contribution in [0.1, 0.15) is 45.6 Å². The highest BCUT2D eigenvalue weighted by Gasteiger charge is 2.25. The average Bonchev–Trinajstić information content (AvgIpc) is 2.58.